The van der Waals surface area contributed by atoms with Crippen LogP contribution in [-0.2, 0) is 26.1 Å². The Morgan fingerprint density at radius 3 is 2.28 bits per heavy atom. The van der Waals surface area contributed by atoms with E-state index in [0.29, 0.717) is 0 Å². The molecule has 7 heteroatoms. The van der Waals surface area contributed by atoms with Crippen LogP contribution >= 0.6 is 0 Å². The number of nitrogens with zero attached hydrogens (tertiary/aromatic N) is 1. The molecule has 0 bridgehead atoms. The van der Waals surface area contributed by atoms with E-state index < -0.39 is 22.0 Å². The Kier molecular flexibility index (Phi) is 6.30. The number of nitrogens with one attached hydrogen (secondary N) is 1. The van der Waals surface area contributed by atoms with Crippen molar-refractivity contribution in [2.75, 3.05) is 14.2 Å². The Hall–Kier alpha value is -2.22. The van der Waals surface area contributed by atoms with Crippen molar-refractivity contribution in [3.63, 3.8) is 0 Å². The van der Waals surface area contributed by atoms with Gasteiger partial charge in [-0.25, -0.2) is 13.5 Å². The summed E-state index contributed by atoms with van der Waals surface area (Å²) in [6.45, 7) is 1.87. The van der Waals surface area contributed by atoms with Gasteiger partial charge < -0.3 is 0 Å². The van der Waals surface area contributed by atoms with Crippen LogP contribution in [0.25, 0.3) is 0 Å². The average Bonchev–Trinajstić information content (AvgIpc) is 2.61. The molecule has 0 saturated carbocycles. The number of amides is 1. The van der Waals surface area contributed by atoms with Gasteiger partial charge in [0, 0.05) is 7.05 Å². The summed E-state index contributed by atoms with van der Waals surface area (Å²) in [5.41, 5.74) is 1.80. The van der Waals surface area contributed by atoms with Crippen molar-refractivity contribution in [2.45, 2.75) is 24.3 Å². The van der Waals surface area contributed by atoms with Crippen molar-refractivity contribution in [1.82, 2.24) is 9.79 Å². The van der Waals surface area contributed by atoms with E-state index in [-0.39, 0.29) is 11.3 Å². The summed E-state index contributed by atoms with van der Waals surface area (Å²) >= 11 is 0. The summed E-state index contributed by atoms with van der Waals surface area (Å²) in [6.07, 6.45) is 0.221. The van der Waals surface area contributed by atoms with Gasteiger partial charge in [0.25, 0.3) is 5.91 Å². The number of rotatable bonds is 7. The second-order valence-electron chi connectivity index (χ2n) is 5.69. The molecule has 0 aromatic heterocycles. The van der Waals surface area contributed by atoms with Gasteiger partial charge in [0.15, 0.2) is 0 Å². The van der Waals surface area contributed by atoms with Crippen molar-refractivity contribution < 1.29 is 18.0 Å². The van der Waals surface area contributed by atoms with E-state index in [1.807, 2.05) is 37.3 Å². The predicted octanol–water partition coefficient (Wildman–Crippen LogP) is 1.90. The molecule has 134 valence electrons. The third kappa shape index (κ3) is 5.12. The molecule has 0 spiro atoms. The molecule has 0 aliphatic heterocycles. The number of likely N-dealkylation sites (N-methyl/N-ethyl adjacent to an activating group) is 1. The number of aryl methyl sites for hydroxylation is 1. The van der Waals surface area contributed by atoms with Gasteiger partial charge in [-0.3, -0.25) is 9.63 Å². The highest BCUT2D eigenvalue weighted by Gasteiger charge is 2.28. The quantitative estimate of drug-likeness (QED) is 0.764. The lowest BCUT2D eigenvalue weighted by molar-refractivity contribution is -0.170. The summed E-state index contributed by atoms with van der Waals surface area (Å²) in [6, 6.07) is 14.7. The average molecular weight is 362 g/mol. The first-order valence-electron chi connectivity index (χ1n) is 7.78. The Morgan fingerprint density at radius 1 is 1.12 bits per heavy atom. The zero-order valence-corrected chi connectivity index (χ0v) is 15.3. The van der Waals surface area contributed by atoms with Crippen LogP contribution in [0, 0.1) is 6.92 Å². The normalized spacial score (nSPS) is 12.6. The highest BCUT2D eigenvalue weighted by molar-refractivity contribution is 7.89. The van der Waals surface area contributed by atoms with Gasteiger partial charge >= 0.3 is 0 Å². The molecule has 6 nitrogen and oxygen atoms in total. The number of sulfonamides is 1. The molecule has 0 aliphatic rings. The van der Waals surface area contributed by atoms with Crippen LogP contribution in [0.3, 0.4) is 0 Å². The van der Waals surface area contributed by atoms with Crippen LogP contribution < -0.4 is 4.72 Å². The lowest BCUT2D eigenvalue weighted by Gasteiger charge is -2.23. The number of carbonyl (C=O) groups is 1. The molecule has 25 heavy (non-hydrogen) atoms. The molecule has 1 N–H and O–H groups in total. The molecular weight excluding hydrogens is 340 g/mol. The van der Waals surface area contributed by atoms with E-state index in [2.05, 4.69) is 4.72 Å². The van der Waals surface area contributed by atoms with Crippen molar-refractivity contribution in [1.29, 1.82) is 0 Å². The van der Waals surface area contributed by atoms with Gasteiger partial charge in [0.2, 0.25) is 10.0 Å². The molecule has 0 heterocycles. The standard InChI is InChI=1S/C18H22N2O4S/c1-14-9-11-16(12-10-14)25(22,23)19-17(18(21)20(2)24-3)13-15-7-5-4-6-8-15/h4-12,17,19H,13H2,1-3H3/t17-/m0/s1. The third-order valence-corrected chi connectivity index (χ3v) is 5.28. The molecule has 2 rings (SSSR count). The van der Waals surface area contributed by atoms with Crippen molar-refractivity contribution in [3.8, 4) is 0 Å². The van der Waals surface area contributed by atoms with Crippen molar-refractivity contribution >= 4 is 15.9 Å². The first-order chi connectivity index (χ1) is 11.8. The fraction of sp³-hybridized carbons (Fsp3) is 0.278. The Balaban J connectivity index is 2.28. The summed E-state index contributed by atoms with van der Waals surface area (Å²) in [5.74, 6) is -0.470. The molecule has 1 amide bonds. The summed E-state index contributed by atoms with van der Waals surface area (Å²) in [4.78, 5) is 17.5. The lowest BCUT2D eigenvalue weighted by atomic mass is 10.1. The monoisotopic (exact) mass is 362 g/mol. The fourth-order valence-electron chi connectivity index (χ4n) is 2.31. The van der Waals surface area contributed by atoms with Gasteiger partial charge in [-0.05, 0) is 31.0 Å². The van der Waals surface area contributed by atoms with Gasteiger partial charge in [0.1, 0.15) is 6.04 Å². The Labute approximate surface area is 148 Å². The SMILES string of the molecule is CON(C)C(=O)[C@H](Cc1ccccc1)NS(=O)(=O)c1ccc(C)cc1. The maximum Gasteiger partial charge on any atom is 0.264 e. The highest BCUT2D eigenvalue weighted by atomic mass is 32.2. The number of benzene rings is 2. The van der Waals surface area contributed by atoms with Gasteiger partial charge in [-0.1, -0.05) is 48.0 Å². The van der Waals surface area contributed by atoms with E-state index in [0.717, 1.165) is 16.2 Å². The number of carbonyl (C=O) groups excluding carboxylic acids is 1. The van der Waals surface area contributed by atoms with E-state index >= 15 is 0 Å². The molecule has 2 aromatic rings. The minimum atomic E-state index is -3.84. The van der Waals surface area contributed by atoms with Gasteiger partial charge in [0.05, 0.1) is 12.0 Å². The molecule has 0 radical (unpaired) electrons. The van der Waals surface area contributed by atoms with E-state index in [1.54, 1.807) is 12.1 Å². The Morgan fingerprint density at radius 2 is 1.72 bits per heavy atom. The van der Waals surface area contributed by atoms with Crippen LogP contribution in [0.15, 0.2) is 59.5 Å². The van der Waals surface area contributed by atoms with Gasteiger partial charge in [-0.15, -0.1) is 0 Å². The second-order valence-corrected chi connectivity index (χ2v) is 7.41. The molecule has 0 unspecified atom stereocenters. The zero-order valence-electron chi connectivity index (χ0n) is 14.5. The lowest BCUT2D eigenvalue weighted by Crippen LogP contribution is -2.48. The van der Waals surface area contributed by atoms with E-state index in [4.69, 9.17) is 4.84 Å². The molecule has 0 aliphatic carbocycles. The zero-order chi connectivity index (χ0) is 18.4. The van der Waals surface area contributed by atoms with Crippen molar-refractivity contribution in [2.24, 2.45) is 0 Å². The van der Waals surface area contributed by atoms with Crippen molar-refractivity contribution in [3.05, 3.63) is 65.7 Å². The van der Waals surface area contributed by atoms with Crippen LogP contribution in [0.4, 0.5) is 0 Å². The first kappa shape index (κ1) is 19.1. The molecule has 2 aromatic carbocycles. The Bertz CT molecular complexity index is 805. The highest BCUT2D eigenvalue weighted by Crippen LogP contribution is 2.13. The number of hydroxylamine groups is 2. The molecule has 1 atom stereocenters. The summed E-state index contributed by atoms with van der Waals surface area (Å²) < 4.78 is 27.8. The molecule has 0 saturated heterocycles. The summed E-state index contributed by atoms with van der Waals surface area (Å²) in [5, 5.41) is 1.02. The molecule has 0 fully saturated rings. The maximum atomic E-state index is 12.6. The van der Waals surface area contributed by atoms with Gasteiger partial charge in [-0.2, -0.15) is 4.72 Å². The third-order valence-electron chi connectivity index (χ3n) is 3.79. The minimum Gasteiger partial charge on any atom is -0.275 e. The smallest absolute Gasteiger partial charge is 0.264 e. The number of hydrogen-bond acceptors (Lipinski definition) is 4. The second kappa shape index (κ2) is 8.24. The van der Waals surface area contributed by atoms with Crippen LogP contribution in [0.2, 0.25) is 0 Å². The number of hydrogen-bond donors (Lipinski definition) is 1. The fourth-order valence-corrected chi connectivity index (χ4v) is 3.50. The van der Waals surface area contributed by atoms with Crippen LogP contribution in [0.1, 0.15) is 11.1 Å². The largest absolute Gasteiger partial charge is 0.275 e. The first-order valence-corrected chi connectivity index (χ1v) is 9.26. The predicted molar refractivity (Wildman–Crippen MR) is 95.2 cm³/mol. The van der Waals surface area contributed by atoms with E-state index in [9.17, 15) is 13.2 Å². The van der Waals surface area contributed by atoms with Crippen LogP contribution in [0.5, 0.6) is 0 Å². The maximum absolute atomic E-state index is 12.6. The van der Waals surface area contributed by atoms with Crippen LogP contribution in [-0.4, -0.2) is 39.6 Å². The topological polar surface area (TPSA) is 75.7 Å². The summed E-state index contributed by atoms with van der Waals surface area (Å²) in [7, 11) is -1.04. The molecular formula is C18H22N2O4S. The van der Waals surface area contributed by atoms with E-state index in [1.165, 1.54) is 26.3 Å². The minimum absolute atomic E-state index is 0.115.